The Balaban J connectivity index is 3.59. The van der Waals surface area contributed by atoms with Gasteiger partial charge in [0.15, 0.2) is 0 Å². The van der Waals surface area contributed by atoms with Crippen molar-refractivity contribution >= 4 is 0 Å². The second-order valence-electron chi connectivity index (χ2n) is 6.31. The summed E-state index contributed by atoms with van der Waals surface area (Å²) >= 11 is 0. The normalized spacial score (nSPS) is 15.0. The molecule has 7 nitrogen and oxygen atoms in total. The summed E-state index contributed by atoms with van der Waals surface area (Å²) in [5, 5.41) is 19.0. The highest BCUT2D eigenvalue weighted by molar-refractivity contribution is 4.64. The van der Waals surface area contributed by atoms with E-state index in [1.807, 2.05) is 14.1 Å². The van der Waals surface area contributed by atoms with Crippen molar-refractivity contribution in [1.29, 1.82) is 0 Å². The standard InChI is InChI=1S/C15H37N5O2/c1-18(6-4-8-19(2)12-14(21)10-16)7-5-9-20(3)13-15(22)11-17/h14-15,21-22H,4-13,16-17H2,1-3H3. The Morgan fingerprint density at radius 3 is 1.32 bits per heavy atom. The first-order valence-corrected chi connectivity index (χ1v) is 8.20. The van der Waals surface area contributed by atoms with Gasteiger partial charge in [-0.1, -0.05) is 0 Å². The number of hydrogen-bond acceptors (Lipinski definition) is 7. The average Bonchev–Trinajstić information content (AvgIpc) is 2.46. The van der Waals surface area contributed by atoms with Crippen molar-refractivity contribution in [2.45, 2.75) is 25.0 Å². The first-order chi connectivity index (χ1) is 10.4. The van der Waals surface area contributed by atoms with Gasteiger partial charge in [-0.3, -0.25) is 0 Å². The fourth-order valence-electron chi connectivity index (χ4n) is 2.38. The second kappa shape index (κ2) is 13.2. The highest BCUT2D eigenvalue weighted by atomic mass is 16.3. The van der Waals surface area contributed by atoms with Gasteiger partial charge in [-0.25, -0.2) is 0 Å². The molecule has 7 heteroatoms. The van der Waals surface area contributed by atoms with Gasteiger partial charge < -0.3 is 36.4 Å². The molecule has 0 radical (unpaired) electrons. The summed E-state index contributed by atoms with van der Waals surface area (Å²) in [5.41, 5.74) is 10.8. The predicted octanol–water partition coefficient (Wildman–Crippen LogP) is -1.80. The first kappa shape index (κ1) is 21.7. The van der Waals surface area contributed by atoms with E-state index in [-0.39, 0.29) is 0 Å². The van der Waals surface area contributed by atoms with Crippen LogP contribution in [0.15, 0.2) is 0 Å². The van der Waals surface area contributed by atoms with Crippen molar-refractivity contribution < 1.29 is 10.2 Å². The van der Waals surface area contributed by atoms with Crippen LogP contribution in [-0.4, -0.2) is 111 Å². The highest BCUT2D eigenvalue weighted by Gasteiger charge is 2.08. The van der Waals surface area contributed by atoms with Gasteiger partial charge in [0.2, 0.25) is 0 Å². The molecule has 0 fully saturated rings. The quantitative estimate of drug-likeness (QED) is 0.300. The summed E-state index contributed by atoms with van der Waals surface area (Å²) < 4.78 is 0. The van der Waals surface area contributed by atoms with Crippen LogP contribution >= 0.6 is 0 Å². The van der Waals surface area contributed by atoms with E-state index in [0.717, 1.165) is 39.0 Å². The molecule has 6 N–H and O–H groups in total. The van der Waals surface area contributed by atoms with Crippen LogP contribution in [0.25, 0.3) is 0 Å². The Labute approximate surface area is 135 Å². The number of hydrogen-bond donors (Lipinski definition) is 4. The fraction of sp³-hybridized carbons (Fsp3) is 1.00. The molecule has 0 spiro atoms. The van der Waals surface area contributed by atoms with E-state index in [1.54, 1.807) is 0 Å². The molecule has 0 aromatic heterocycles. The van der Waals surface area contributed by atoms with Crippen LogP contribution in [-0.2, 0) is 0 Å². The molecule has 0 heterocycles. The molecule has 22 heavy (non-hydrogen) atoms. The number of rotatable bonds is 14. The molecule has 0 aliphatic carbocycles. The number of aliphatic hydroxyl groups is 2. The zero-order valence-corrected chi connectivity index (χ0v) is 14.6. The van der Waals surface area contributed by atoms with Gasteiger partial charge in [-0.2, -0.15) is 0 Å². The number of nitrogens with two attached hydrogens (primary N) is 2. The fourth-order valence-corrected chi connectivity index (χ4v) is 2.38. The third-order valence-electron chi connectivity index (χ3n) is 3.75. The maximum atomic E-state index is 9.48. The molecular formula is C15H37N5O2. The smallest absolute Gasteiger partial charge is 0.0788 e. The lowest BCUT2D eigenvalue weighted by atomic mass is 10.3. The molecule has 134 valence electrons. The van der Waals surface area contributed by atoms with Crippen LogP contribution in [0.3, 0.4) is 0 Å². The lowest BCUT2D eigenvalue weighted by Crippen LogP contribution is -2.36. The van der Waals surface area contributed by atoms with Gasteiger partial charge >= 0.3 is 0 Å². The minimum absolute atomic E-state index is 0.316. The van der Waals surface area contributed by atoms with Gasteiger partial charge in [0, 0.05) is 26.2 Å². The maximum Gasteiger partial charge on any atom is 0.0788 e. The monoisotopic (exact) mass is 319 g/mol. The van der Waals surface area contributed by atoms with Crippen molar-refractivity contribution in [3.8, 4) is 0 Å². The topological polar surface area (TPSA) is 102 Å². The number of likely N-dealkylation sites (N-methyl/N-ethyl adjacent to an activating group) is 2. The predicted molar refractivity (Wildman–Crippen MR) is 91.8 cm³/mol. The van der Waals surface area contributed by atoms with Crippen molar-refractivity contribution in [2.24, 2.45) is 11.5 Å². The molecule has 0 aliphatic heterocycles. The van der Waals surface area contributed by atoms with Gasteiger partial charge in [-0.15, -0.1) is 0 Å². The van der Waals surface area contributed by atoms with Crippen LogP contribution in [0.4, 0.5) is 0 Å². The molecule has 0 bridgehead atoms. The molecule has 0 saturated heterocycles. The molecule has 2 unspecified atom stereocenters. The Kier molecular flexibility index (Phi) is 13.0. The van der Waals surface area contributed by atoms with Crippen molar-refractivity contribution in [3.63, 3.8) is 0 Å². The third kappa shape index (κ3) is 12.3. The third-order valence-corrected chi connectivity index (χ3v) is 3.75. The Morgan fingerprint density at radius 2 is 1.00 bits per heavy atom. The lowest BCUT2D eigenvalue weighted by molar-refractivity contribution is 0.127. The molecule has 0 saturated carbocycles. The van der Waals surface area contributed by atoms with Crippen LogP contribution in [0, 0.1) is 0 Å². The Morgan fingerprint density at radius 1 is 0.682 bits per heavy atom. The zero-order chi connectivity index (χ0) is 17.0. The molecule has 0 amide bonds. The summed E-state index contributed by atoms with van der Waals surface area (Å²) in [6, 6.07) is 0. The average molecular weight is 319 g/mol. The van der Waals surface area contributed by atoms with Crippen molar-refractivity contribution in [3.05, 3.63) is 0 Å². The van der Waals surface area contributed by atoms with Crippen LogP contribution in [0.1, 0.15) is 12.8 Å². The van der Waals surface area contributed by atoms with Gasteiger partial charge in [0.1, 0.15) is 0 Å². The Bertz CT molecular complexity index is 234. The minimum Gasteiger partial charge on any atom is -0.390 e. The van der Waals surface area contributed by atoms with E-state index in [4.69, 9.17) is 11.5 Å². The maximum absolute atomic E-state index is 9.48. The summed E-state index contributed by atoms with van der Waals surface area (Å²) in [5.74, 6) is 0. The number of nitrogens with zero attached hydrogens (tertiary/aromatic N) is 3. The number of aliphatic hydroxyl groups excluding tert-OH is 2. The van der Waals surface area contributed by atoms with Crippen LogP contribution in [0.5, 0.6) is 0 Å². The second-order valence-corrected chi connectivity index (χ2v) is 6.31. The van der Waals surface area contributed by atoms with E-state index in [1.165, 1.54) is 0 Å². The largest absolute Gasteiger partial charge is 0.390 e. The van der Waals surface area contributed by atoms with Crippen molar-refractivity contribution in [2.75, 3.05) is 73.5 Å². The summed E-state index contributed by atoms with van der Waals surface area (Å²) in [7, 11) is 6.15. The van der Waals surface area contributed by atoms with Gasteiger partial charge in [0.25, 0.3) is 0 Å². The molecule has 2 atom stereocenters. The Hall–Kier alpha value is -0.280. The first-order valence-electron chi connectivity index (χ1n) is 8.20. The zero-order valence-electron chi connectivity index (χ0n) is 14.6. The lowest BCUT2D eigenvalue weighted by Gasteiger charge is -2.23. The molecule has 0 aromatic rings. The SMILES string of the molecule is CN(CCCN(C)CC(O)CN)CCCN(C)CC(O)CN. The molecule has 0 aliphatic rings. The molecule has 0 aromatic carbocycles. The molecular weight excluding hydrogens is 282 g/mol. The molecule has 0 rings (SSSR count). The van der Waals surface area contributed by atoms with E-state index in [2.05, 4.69) is 21.7 Å². The van der Waals surface area contributed by atoms with Crippen molar-refractivity contribution in [1.82, 2.24) is 14.7 Å². The minimum atomic E-state index is -0.429. The van der Waals surface area contributed by atoms with E-state index in [9.17, 15) is 10.2 Å². The van der Waals surface area contributed by atoms with Gasteiger partial charge in [0.05, 0.1) is 12.2 Å². The van der Waals surface area contributed by atoms with Gasteiger partial charge in [-0.05, 0) is 60.2 Å². The summed E-state index contributed by atoms with van der Waals surface area (Å²) in [4.78, 5) is 6.56. The van der Waals surface area contributed by atoms with E-state index >= 15 is 0 Å². The van der Waals surface area contributed by atoms with Crippen LogP contribution < -0.4 is 11.5 Å². The van der Waals surface area contributed by atoms with Crippen LogP contribution in [0.2, 0.25) is 0 Å². The highest BCUT2D eigenvalue weighted by Crippen LogP contribution is 1.96. The summed E-state index contributed by atoms with van der Waals surface area (Å²) in [6.45, 7) is 5.90. The van der Waals surface area contributed by atoms with E-state index < -0.39 is 12.2 Å². The summed E-state index contributed by atoms with van der Waals surface area (Å²) in [6.07, 6.45) is 1.29. The van der Waals surface area contributed by atoms with E-state index in [0.29, 0.717) is 26.2 Å².